The molecular formula is C10H14ClNO3. The summed E-state index contributed by atoms with van der Waals surface area (Å²) in [5.74, 6) is 1.47. The maximum absolute atomic E-state index is 6.08. The van der Waals surface area contributed by atoms with Crippen LogP contribution in [0.1, 0.15) is 5.56 Å². The molecule has 2 N–H and O–H groups in total. The van der Waals surface area contributed by atoms with E-state index in [2.05, 4.69) is 0 Å². The molecule has 0 amide bonds. The van der Waals surface area contributed by atoms with Gasteiger partial charge in [-0.1, -0.05) is 11.6 Å². The van der Waals surface area contributed by atoms with Gasteiger partial charge in [0.05, 0.1) is 26.4 Å². The average molecular weight is 232 g/mol. The minimum absolute atomic E-state index is 0.315. The van der Waals surface area contributed by atoms with E-state index >= 15 is 0 Å². The first-order valence-corrected chi connectivity index (χ1v) is 4.74. The van der Waals surface area contributed by atoms with Crippen molar-refractivity contribution in [1.82, 2.24) is 0 Å². The van der Waals surface area contributed by atoms with Crippen LogP contribution in [0.2, 0.25) is 5.02 Å². The van der Waals surface area contributed by atoms with Crippen molar-refractivity contribution in [3.63, 3.8) is 0 Å². The Labute approximate surface area is 93.9 Å². The summed E-state index contributed by atoms with van der Waals surface area (Å²) in [6.45, 7) is 0.315. The second-order valence-corrected chi connectivity index (χ2v) is 3.20. The molecule has 0 radical (unpaired) electrons. The maximum atomic E-state index is 6.08. The number of benzene rings is 1. The number of hydrogen-bond acceptors (Lipinski definition) is 4. The molecule has 1 rings (SSSR count). The lowest BCUT2D eigenvalue weighted by Gasteiger charge is -2.15. The van der Waals surface area contributed by atoms with Crippen molar-refractivity contribution in [3.05, 3.63) is 16.7 Å². The van der Waals surface area contributed by atoms with Crippen molar-refractivity contribution in [1.29, 1.82) is 0 Å². The van der Waals surface area contributed by atoms with Gasteiger partial charge < -0.3 is 19.9 Å². The van der Waals surface area contributed by atoms with Crippen LogP contribution in [0.4, 0.5) is 0 Å². The zero-order chi connectivity index (χ0) is 11.4. The molecule has 1 aromatic carbocycles. The summed E-state index contributed by atoms with van der Waals surface area (Å²) in [5.41, 5.74) is 6.31. The third kappa shape index (κ3) is 2.11. The Morgan fingerprint density at radius 2 is 1.73 bits per heavy atom. The van der Waals surface area contributed by atoms with Gasteiger partial charge in [-0.05, 0) is 11.6 Å². The molecule has 0 saturated heterocycles. The van der Waals surface area contributed by atoms with Crippen LogP contribution < -0.4 is 19.9 Å². The fourth-order valence-electron chi connectivity index (χ4n) is 1.32. The highest BCUT2D eigenvalue weighted by Crippen LogP contribution is 2.44. The molecule has 0 aliphatic heterocycles. The lowest BCUT2D eigenvalue weighted by atomic mass is 10.2. The number of hydrogen-bond donors (Lipinski definition) is 1. The molecule has 0 atom stereocenters. The monoisotopic (exact) mass is 231 g/mol. The van der Waals surface area contributed by atoms with Gasteiger partial charge in [0.25, 0.3) is 0 Å². The van der Waals surface area contributed by atoms with E-state index < -0.39 is 0 Å². The van der Waals surface area contributed by atoms with E-state index in [1.54, 1.807) is 13.2 Å². The van der Waals surface area contributed by atoms with Crippen molar-refractivity contribution in [2.75, 3.05) is 21.3 Å². The first-order valence-electron chi connectivity index (χ1n) is 4.37. The summed E-state index contributed by atoms with van der Waals surface area (Å²) in [4.78, 5) is 0. The molecule has 0 heterocycles. The molecule has 5 heteroatoms. The van der Waals surface area contributed by atoms with E-state index in [0.29, 0.717) is 28.8 Å². The average Bonchev–Trinajstić information content (AvgIpc) is 2.28. The molecule has 0 fully saturated rings. The molecule has 4 nitrogen and oxygen atoms in total. The fraction of sp³-hybridized carbons (Fsp3) is 0.400. The van der Waals surface area contributed by atoms with Crippen molar-refractivity contribution in [2.24, 2.45) is 5.73 Å². The lowest BCUT2D eigenvalue weighted by Crippen LogP contribution is -2.02. The Morgan fingerprint density at radius 3 is 2.13 bits per heavy atom. The Kier molecular flexibility index (Phi) is 4.05. The van der Waals surface area contributed by atoms with Crippen LogP contribution in [-0.2, 0) is 6.54 Å². The van der Waals surface area contributed by atoms with E-state index in [9.17, 15) is 0 Å². The number of methoxy groups -OCH3 is 3. The minimum Gasteiger partial charge on any atom is -0.493 e. The summed E-state index contributed by atoms with van der Waals surface area (Å²) in [5, 5.41) is 0.456. The largest absolute Gasteiger partial charge is 0.493 e. The van der Waals surface area contributed by atoms with E-state index in [4.69, 9.17) is 31.5 Å². The van der Waals surface area contributed by atoms with Crippen LogP contribution in [0.3, 0.4) is 0 Å². The second kappa shape index (κ2) is 5.09. The van der Waals surface area contributed by atoms with Gasteiger partial charge in [-0.25, -0.2) is 0 Å². The van der Waals surface area contributed by atoms with Gasteiger partial charge in [0.15, 0.2) is 11.5 Å². The van der Waals surface area contributed by atoms with Gasteiger partial charge in [0.1, 0.15) is 0 Å². The third-order valence-electron chi connectivity index (χ3n) is 2.06. The predicted molar refractivity (Wildman–Crippen MR) is 59.0 cm³/mol. The van der Waals surface area contributed by atoms with Crippen LogP contribution in [0.25, 0.3) is 0 Å². The SMILES string of the molecule is COc1cc(CN)c(Cl)c(OC)c1OC. The molecule has 0 bridgehead atoms. The molecule has 1 aromatic rings. The zero-order valence-corrected chi connectivity index (χ0v) is 9.72. The van der Waals surface area contributed by atoms with Crippen LogP contribution in [-0.4, -0.2) is 21.3 Å². The summed E-state index contributed by atoms with van der Waals surface area (Å²) in [6, 6.07) is 1.74. The number of nitrogens with two attached hydrogens (primary N) is 1. The zero-order valence-electron chi connectivity index (χ0n) is 8.96. The highest BCUT2D eigenvalue weighted by atomic mass is 35.5. The number of ether oxygens (including phenoxy) is 3. The standard InChI is InChI=1S/C10H14ClNO3/c1-13-7-4-6(5-12)8(11)10(15-3)9(7)14-2/h4H,5,12H2,1-3H3. The molecule has 15 heavy (non-hydrogen) atoms. The van der Waals surface area contributed by atoms with E-state index in [1.165, 1.54) is 14.2 Å². The maximum Gasteiger partial charge on any atom is 0.204 e. The Morgan fingerprint density at radius 1 is 1.13 bits per heavy atom. The highest BCUT2D eigenvalue weighted by molar-refractivity contribution is 6.33. The predicted octanol–water partition coefficient (Wildman–Crippen LogP) is 1.82. The first kappa shape index (κ1) is 11.9. The first-order chi connectivity index (χ1) is 7.19. The molecule has 0 aliphatic carbocycles. The molecule has 84 valence electrons. The van der Waals surface area contributed by atoms with Gasteiger partial charge in [-0.15, -0.1) is 0 Å². The van der Waals surface area contributed by atoms with Crippen molar-refractivity contribution < 1.29 is 14.2 Å². The van der Waals surface area contributed by atoms with Crippen LogP contribution in [0, 0.1) is 0 Å². The fourth-order valence-corrected chi connectivity index (χ4v) is 1.61. The van der Waals surface area contributed by atoms with Gasteiger partial charge in [0.2, 0.25) is 5.75 Å². The quantitative estimate of drug-likeness (QED) is 0.859. The molecule has 0 saturated carbocycles. The van der Waals surface area contributed by atoms with Crippen molar-refractivity contribution in [2.45, 2.75) is 6.54 Å². The summed E-state index contributed by atoms with van der Waals surface area (Å²) in [7, 11) is 4.59. The summed E-state index contributed by atoms with van der Waals surface area (Å²) < 4.78 is 15.5. The molecule has 0 aromatic heterocycles. The summed E-state index contributed by atoms with van der Waals surface area (Å²) >= 11 is 6.08. The molecule has 0 spiro atoms. The van der Waals surface area contributed by atoms with Gasteiger partial charge in [0, 0.05) is 6.54 Å². The van der Waals surface area contributed by atoms with E-state index in [0.717, 1.165) is 5.56 Å². The lowest BCUT2D eigenvalue weighted by molar-refractivity contribution is 0.324. The molecular weight excluding hydrogens is 218 g/mol. The Balaban J connectivity index is 3.43. The van der Waals surface area contributed by atoms with Crippen molar-refractivity contribution >= 4 is 11.6 Å². The van der Waals surface area contributed by atoms with Gasteiger partial charge in [-0.3, -0.25) is 0 Å². The summed E-state index contributed by atoms with van der Waals surface area (Å²) in [6.07, 6.45) is 0. The smallest absolute Gasteiger partial charge is 0.204 e. The van der Waals surface area contributed by atoms with Crippen LogP contribution in [0.15, 0.2) is 6.07 Å². The number of halogens is 1. The third-order valence-corrected chi connectivity index (χ3v) is 2.48. The van der Waals surface area contributed by atoms with Crippen molar-refractivity contribution in [3.8, 4) is 17.2 Å². The molecule has 0 unspecified atom stereocenters. The van der Waals surface area contributed by atoms with Gasteiger partial charge >= 0.3 is 0 Å². The Bertz CT molecular complexity index is 355. The van der Waals surface area contributed by atoms with E-state index in [-0.39, 0.29) is 0 Å². The normalized spacial score (nSPS) is 9.93. The molecule has 0 aliphatic rings. The van der Waals surface area contributed by atoms with E-state index in [1.807, 2.05) is 0 Å². The van der Waals surface area contributed by atoms with Crippen LogP contribution >= 0.6 is 11.6 Å². The van der Waals surface area contributed by atoms with Gasteiger partial charge in [-0.2, -0.15) is 0 Å². The Hall–Kier alpha value is -1.13. The highest BCUT2D eigenvalue weighted by Gasteiger charge is 2.18. The van der Waals surface area contributed by atoms with Crippen LogP contribution in [0.5, 0.6) is 17.2 Å². The number of rotatable bonds is 4. The second-order valence-electron chi connectivity index (χ2n) is 2.82. The topological polar surface area (TPSA) is 53.7 Å². The minimum atomic E-state index is 0.315.